The fourth-order valence-electron chi connectivity index (χ4n) is 1.83. The summed E-state index contributed by atoms with van der Waals surface area (Å²) in [6.07, 6.45) is 0. The van der Waals surface area contributed by atoms with Crippen molar-refractivity contribution in [3.8, 4) is 0 Å². The predicted octanol–water partition coefficient (Wildman–Crippen LogP) is 1.97. The van der Waals surface area contributed by atoms with Crippen LogP contribution in [0.25, 0.3) is 0 Å². The normalized spacial score (nSPS) is 13.3. The van der Waals surface area contributed by atoms with Gasteiger partial charge in [-0.25, -0.2) is 4.39 Å². The Hall–Kier alpha value is -1.46. The van der Waals surface area contributed by atoms with Crippen LogP contribution in [0.5, 0.6) is 0 Å². The second-order valence-corrected chi connectivity index (χ2v) is 5.60. The van der Waals surface area contributed by atoms with Crippen molar-refractivity contribution < 1.29 is 13.9 Å². The van der Waals surface area contributed by atoms with E-state index in [0.717, 1.165) is 0 Å². The third-order valence-corrected chi connectivity index (χ3v) is 3.17. The first-order valence-corrected chi connectivity index (χ1v) is 6.51. The van der Waals surface area contributed by atoms with Crippen molar-refractivity contribution in [1.29, 1.82) is 0 Å². The van der Waals surface area contributed by atoms with Crippen LogP contribution in [0.2, 0.25) is 0 Å². The highest BCUT2D eigenvalue weighted by atomic mass is 19.1. The molecular weight excluding hydrogens is 259 g/mol. The van der Waals surface area contributed by atoms with Crippen LogP contribution < -0.4 is 5.32 Å². The Bertz CT molecular complexity index is 461. The zero-order valence-corrected chi connectivity index (χ0v) is 12.7. The third kappa shape index (κ3) is 4.58. The quantitative estimate of drug-likeness (QED) is 0.867. The van der Waals surface area contributed by atoms with E-state index < -0.39 is 11.6 Å². The molecule has 0 aliphatic heterocycles. The molecule has 0 aliphatic carbocycles. The Morgan fingerprint density at radius 3 is 2.60 bits per heavy atom. The van der Waals surface area contributed by atoms with Crippen molar-refractivity contribution in [3.63, 3.8) is 0 Å². The number of hydrogen-bond donors (Lipinski definition) is 1. The third-order valence-electron chi connectivity index (χ3n) is 3.17. The van der Waals surface area contributed by atoms with Gasteiger partial charge in [0.1, 0.15) is 11.9 Å². The number of benzene rings is 1. The second-order valence-electron chi connectivity index (χ2n) is 5.60. The minimum Gasteiger partial charge on any atom is -0.377 e. The van der Waals surface area contributed by atoms with Gasteiger partial charge < -0.3 is 10.1 Å². The van der Waals surface area contributed by atoms with E-state index in [1.165, 1.54) is 12.1 Å². The topological polar surface area (TPSA) is 41.6 Å². The van der Waals surface area contributed by atoms with Gasteiger partial charge in [-0.3, -0.25) is 9.69 Å². The van der Waals surface area contributed by atoms with Gasteiger partial charge in [-0.15, -0.1) is 0 Å². The fourth-order valence-corrected chi connectivity index (χ4v) is 1.83. The van der Waals surface area contributed by atoms with Gasteiger partial charge in [0, 0.05) is 13.7 Å². The number of hydrogen-bond acceptors (Lipinski definition) is 3. The number of carbonyl (C=O) groups excluding carboxylic acids is 1. The lowest BCUT2D eigenvalue weighted by atomic mass is 10.0. The van der Waals surface area contributed by atoms with Crippen molar-refractivity contribution in [2.75, 3.05) is 27.7 Å². The van der Waals surface area contributed by atoms with Gasteiger partial charge in [-0.2, -0.15) is 0 Å². The van der Waals surface area contributed by atoms with E-state index in [-0.39, 0.29) is 11.7 Å². The molecule has 1 N–H and O–H groups in total. The SMILES string of the molecule is COC(C)(C)CNC(=O)[C@H](c1cccc(F)c1)N(C)C. The van der Waals surface area contributed by atoms with E-state index in [4.69, 9.17) is 4.74 Å². The summed E-state index contributed by atoms with van der Waals surface area (Å²) in [5, 5.41) is 2.85. The monoisotopic (exact) mass is 282 g/mol. The van der Waals surface area contributed by atoms with E-state index >= 15 is 0 Å². The standard InChI is InChI=1S/C15H23FN2O2/c1-15(2,20-5)10-17-14(19)13(18(3)4)11-7-6-8-12(16)9-11/h6-9,13H,10H2,1-5H3,(H,17,19)/t13-/m0/s1. The van der Waals surface area contributed by atoms with Gasteiger partial charge in [0.15, 0.2) is 0 Å². The van der Waals surface area contributed by atoms with Gasteiger partial charge in [-0.1, -0.05) is 12.1 Å². The van der Waals surface area contributed by atoms with Crippen molar-refractivity contribution in [2.24, 2.45) is 0 Å². The summed E-state index contributed by atoms with van der Waals surface area (Å²) in [6.45, 7) is 4.17. The molecule has 1 amide bonds. The average molecular weight is 282 g/mol. The lowest BCUT2D eigenvalue weighted by Gasteiger charge is -2.27. The Morgan fingerprint density at radius 2 is 2.10 bits per heavy atom. The predicted molar refractivity (Wildman–Crippen MR) is 76.9 cm³/mol. The van der Waals surface area contributed by atoms with Crippen molar-refractivity contribution in [3.05, 3.63) is 35.6 Å². The summed E-state index contributed by atoms with van der Waals surface area (Å²) >= 11 is 0. The molecule has 20 heavy (non-hydrogen) atoms. The first-order valence-electron chi connectivity index (χ1n) is 6.51. The van der Waals surface area contributed by atoms with E-state index in [9.17, 15) is 9.18 Å². The van der Waals surface area contributed by atoms with Gasteiger partial charge in [-0.05, 0) is 45.6 Å². The van der Waals surface area contributed by atoms with Crippen molar-refractivity contribution in [1.82, 2.24) is 10.2 Å². The number of ether oxygens (including phenoxy) is 1. The number of rotatable bonds is 6. The number of likely N-dealkylation sites (N-methyl/N-ethyl adjacent to an activating group) is 1. The minimum absolute atomic E-state index is 0.175. The van der Waals surface area contributed by atoms with Crippen LogP contribution in [0, 0.1) is 5.82 Å². The maximum atomic E-state index is 13.3. The molecule has 0 fully saturated rings. The summed E-state index contributed by atoms with van der Waals surface area (Å²) in [7, 11) is 5.18. The number of methoxy groups -OCH3 is 1. The largest absolute Gasteiger partial charge is 0.377 e. The smallest absolute Gasteiger partial charge is 0.242 e. The van der Waals surface area contributed by atoms with Crippen LogP contribution in [0.4, 0.5) is 4.39 Å². The van der Waals surface area contributed by atoms with E-state index in [1.54, 1.807) is 38.2 Å². The molecule has 112 valence electrons. The van der Waals surface area contributed by atoms with Crippen molar-refractivity contribution >= 4 is 5.91 Å². The minimum atomic E-state index is -0.529. The molecule has 0 aliphatic rings. The number of amides is 1. The average Bonchev–Trinajstić information content (AvgIpc) is 2.36. The molecule has 5 heteroatoms. The number of nitrogens with zero attached hydrogens (tertiary/aromatic N) is 1. The number of carbonyl (C=O) groups is 1. The first-order chi connectivity index (χ1) is 9.26. The summed E-state index contributed by atoms with van der Waals surface area (Å²) < 4.78 is 18.6. The molecule has 1 aromatic carbocycles. The molecule has 0 saturated heterocycles. The maximum absolute atomic E-state index is 13.3. The van der Waals surface area contributed by atoms with Gasteiger partial charge in [0.05, 0.1) is 5.60 Å². The summed E-state index contributed by atoms with van der Waals surface area (Å²) in [5.74, 6) is -0.523. The lowest BCUT2D eigenvalue weighted by Crippen LogP contribution is -2.44. The Balaban J connectivity index is 2.84. The highest BCUT2D eigenvalue weighted by Crippen LogP contribution is 2.19. The summed E-state index contributed by atoms with van der Waals surface area (Å²) in [5.41, 5.74) is 0.191. The molecule has 0 spiro atoms. The van der Waals surface area contributed by atoms with Crippen molar-refractivity contribution in [2.45, 2.75) is 25.5 Å². The zero-order chi connectivity index (χ0) is 15.3. The van der Waals surface area contributed by atoms with Gasteiger partial charge >= 0.3 is 0 Å². The zero-order valence-electron chi connectivity index (χ0n) is 12.7. The molecule has 0 heterocycles. The molecule has 0 aromatic heterocycles. The summed E-state index contributed by atoms with van der Waals surface area (Å²) in [6, 6.07) is 5.56. The molecule has 1 aromatic rings. The highest BCUT2D eigenvalue weighted by Gasteiger charge is 2.25. The lowest BCUT2D eigenvalue weighted by molar-refractivity contribution is -0.127. The Kier molecular flexibility index (Phi) is 5.65. The molecular formula is C15H23FN2O2. The molecule has 1 rings (SSSR count). The second kappa shape index (κ2) is 6.81. The first kappa shape index (κ1) is 16.6. The Labute approximate surface area is 119 Å². The maximum Gasteiger partial charge on any atom is 0.242 e. The molecule has 0 saturated carbocycles. The highest BCUT2D eigenvalue weighted by molar-refractivity contribution is 5.83. The van der Waals surface area contributed by atoms with E-state index in [2.05, 4.69) is 5.32 Å². The molecule has 0 bridgehead atoms. The molecule has 1 atom stereocenters. The van der Waals surface area contributed by atoms with Gasteiger partial charge in [0.25, 0.3) is 0 Å². The molecule has 0 radical (unpaired) electrons. The molecule has 4 nitrogen and oxygen atoms in total. The van der Waals surface area contributed by atoms with Crippen LogP contribution in [0.3, 0.4) is 0 Å². The van der Waals surface area contributed by atoms with Crippen LogP contribution in [0.15, 0.2) is 24.3 Å². The summed E-state index contributed by atoms with van der Waals surface area (Å²) in [4.78, 5) is 14.1. The fraction of sp³-hybridized carbons (Fsp3) is 0.533. The number of halogens is 1. The van der Waals surface area contributed by atoms with Crippen LogP contribution in [0.1, 0.15) is 25.5 Å². The van der Waals surface area contributed by atoms with Crippen LogP contribution in [-0.4, -0.2) is 44.2 Å². The Morgan fingerprint density at radius 1 is 1.45 bits per heavy atom. The molecule has 0 unspecified atom stereocenters. The van der Waals surface area contributed by atoms with E-state index in [0.29, 0.717) is 12.1 Å². The van der Waals surface area contributed by atoms with Gasteiger partial charge in [0.2, 0.25) is 5.91 Å². The van der Waals surface area contributed by atoms with Crippen LogP contribution >= 0.6 is 0 Å². The van der Waals surface area contributed by atoms with E-state index in [1.807, 2.05) is 13.8 Å². The van der Waals surface area contributed by atoms with Crippen LogP contribution in [-0.2, 0) is 9.53 Å². The number of nitrogens with one attached hydrogen (secondary N) is 1.